The van der Waals surface area contributed by atoms with Gasteiger partial charge in [-0.15, -0.1) is 0 Å². The van der Waals surface area contributed by atoms with E-state index in [1.54, 1.807) is 4.90 Å². The van der Waals surface area contributed by atoms with Crippen LogP contribution in [0.5, 0.6) is 0 Å². The molecule has 0 aromatic heterocycles. The van der Waals surface area contributed by atoms with E-state index in [-0.39, 0.29) is 24.4 Å². The molecule has 2 saturated carbocycles. The van der Waals surface area contributed by atoms with Crippen molar-refractivity contribution in [2.75, 3.05) is 0 Å². The monoisotopic (exact) mass is 292 g/mol. The molecule has 2 nitrogen and oxygen atoms in total. The zero-order valence-electron chi connectivity index (χ0n) is 11.6. The molecule has 0 aromatic carbocycles. The lowest BCUT2D eigenvalue weighted by atomic mass is 9.90. The number of nitrogens with one attached hydrogen (secondary N) is 1. The van der Waals surface area contributed by atoms with Crippen LogP contribution >= 0.6 is 0 Å². The van der Waals surface area contributed by atoms with Gasteiger partial charge in [-0.25, -0.2) is 8.78 Å². The molecule has 0 aliphatic heterocycles. The average molecular weight is 292 g/mol. The van der Waals surface area contributed by atoms with Crippen molar-refractivity contribution in [1.82, 2.24) is 10.2 Å². The quantitative estimate of drug-likeness (QED) is 0.603. The minimum Gasteiger partial charge on any atom is -0.365 e. The average Bonchev–Trinajstić information content (AvgIpc) is 3.05. The van der Waals surface area contributed by atoms with Gasteiger partial charge in [0.25, 0.3) is 0 Å². The van der Waals surface area contributed by atoms with Crippen LogP contribution in [0.4, 0.5) is 17.6 Å². The van der Waals surface area contributed by atoms with Gasteiger partial charge in [-0.3, -0.25) is 0 Å². The van der Waals surface area contributed by atoms with Gasteiger partial charge in [0.05, 0.1) is 6.20 Å². The SMILES string of the molecule is C=C(F)N/C(F)=C\N(C1CCC(F)(F)CC1)C1(C)CC1. The van der Waals surface area contributed by atoms with Gasteiger partial charge in [0, 0.05) is 24.4 Å². The Morgan fingerprint density at radius 1 is 1.20 bits per heavy atom. The summed E-state index contributed by atoms with van der Waals surface area (Å²) in [4.78, 5) is 1.79. The van der Waals surface area contributed by atoms with Gasteiger partial charge in [-0.05, 0) is 39.2 Å². The molecule has 2 rings (SSSR count). The van der Waals surface area contributed by atoms with E-state index in [0.29, 0.717) is 12.8 Å². The van der Waals surface area contributed by atoms with E-state index < -0.39 is 17.8 Å². The normalized spacial score (nSPS) is 25.1. The maximum atomic E-state index is 13.6. The third-order valence-electron chi connectivity index (χ3n) is 4.18. The van der Waals surface area contributed by atoms with Crippen molar-refractivity contribution in [3.63, 3.8) is 0 Å². The number of nitrogens with zero attached hydrogens (tertiary/aromatic N) is 1. The van der Waals surface area contributed by atoms with Crippen LogP contribution < -0.4 is 5.32 Å². The van der Waals surface area contributed by atoms with Crippen LogP contribution in [0.2, 0.25) is 0 Å². The zero-order valence-corrected chi connectivity index (χ0v) is 11.6. The first-order chi connectivity index (χ1) is 9.22. The third-order valence-corrected chi connectivity index (χ3v) is 4.18. The molecule has 0 amide bonds. The van der Waals surface area contributed by atoms with Crippen molar-refractivity contribution in [2.45, 2.75) is 63.0 Å². The predicted octanol–water partition coefficient (Wildman–Crippen LogP) is 4.22. The highest BCUT2D eigenvalue weighted by atomic mass is 19.3. The molecule has 0 saturated heterocycles. The molecule has 2 aliphatic rings. The van der Waals surface area contributed by atoms with E-state index in [1.165, 1.54) is 6.20 Å². The fourth-order valence-corrected chi connectivity index (χ4v) is 2.73. The van der Waals surface area contributed by atoms with Gasteiger partial charge in [0.2, 0.25) is 11.9 Å². The summed E-state index contributed by atoms with van der Waals surface area (Å²) in [6.07, 6.45) is 3.27. The Hall–Kier alpha value is -1.20. The summed E-state index contributed by atoms with van der Waals surface area (Å²) >= 11 is 0. The molecular formula is C14H20F4N2. The summed E-state index contributed by atoms with van der Waals surface area (Å²) < 4.78 is 52.6. The molecule has 1 N–H and O–H groups in total. The summed E-state index contributed by atoms with van der Waals surface area (Å²) in [5.41, 5.74) is -0.200. The Morgan fingerprint density at radius 3 is 2.20 bits per heavy atom. The maximum Gasteiger partial charge on any atom is 0.248 e. The summed E-state index contributed by atoms with van der Waals surface area (Å²) in [7, 11) is 0. The van der Waals surface area contributed by atoms with Crippen LogP contribution in [-0.2, 0) is 0 Å². The summed E-state index contributed by atoms with van der Waals surface area (Å²) in [6, 6.07) is -0.123. The Kier molecular flexibility index (Phi) is 4.02. The second-order valence-corrected chi connectivity index (χ2v) is 6.00. The Bertz CT molecular complexity index is 405. The van der Waals surface area contributed by atoms with Gasteiger partial charge < -0.3 is 10.2 Å². The molecule has 0 bridgehead atoms. The molecule has 0 radical (unpaired) electrons. The van der Waals surface area contributed by atoms with Crippen molar-refractivity contribution in [1.29, 1.82) is 0 Å². The standard InChI is InChI=1S/C14H20F4N2/c1-10(15)19-12(16)9-20(13(2)7-8-13)11-3-5-14(17,18)6-4-11/h9,11,19H,1,3-8H2,2H3/b12-9-. The maximum absolute atomic E-state index is 13.6. The van der Waals surface area contributed by atoms with Crippen molar-refractivity contribution < 1.29 is 17.6 Å². The molecule has 0 unspecified atom stereocenters. The minimum atomic E-state index is -2.61. The zero-order chi connectivity index (χ0) is 15.0. The molecule has 6 heteroatoms. The Morgan fingerprint density at radius 2 is 1.75 bits per heavy atom. The van der Waals surface area contributed by atoms with Crippen LogP contribution in [0.15, 0.2) is 24.7 Å². The van der Waals surface area contributed by atoms with Gasteiger partial charge in [-0.1, -0.05) is 0 Å². The first-order valence-electron chi connectivity index (χ1n) is 6.87. The van der Waals surface area contributed by atoms with E-state index in [2.05, 4.69) is 6.58 Å². The van der Waals surface area contributed by atoms with Gasteiger partial charge >= 0.3 is 0 Å². The van der Waals surface area contributed by atoms with E-state index in [4.69, 9.17) is 0 Å². The molecule has 0 aromatic rings. The molecule has 114 valence electrons. The smallest absolute Gasteiger partial charge is 0.248 e. The van der Waals surface area contributed by atoms with Crippen LogP contribution in [0.1, 0.15) is 45.4 Å². The summed E-state index contributed by atoms with van der Waals surface area (Å²) in [5, 5.41) is 1.87. The van der Waals surface area contributed by atoms with Crippen LogP contribution in [0.25, 0.3) is 0 Å². The lowest BCUT2D eigenvalue weighted by molar-refractivity contribution is -0.0535. The first-order valence-corrected chi connectivity index (χ1v) is 6.87. The highest BCUT2D eigenvalue weighted by Crippen LogP contribution is 2.46. The van der Waals surface area contributed by atoms with Crippen LogP contribution in [0, 0.1) is 0 Å². The second kappa shape index (κ2) is 5.30. The summed E-state index contributed by atoms with van der Waals surface area (Å²) in [5.74, 6) is -4.43. The third kappa shape index (κ3) is 3.67. The van der Waals surface area contributed by atoms with Gasteiger partial charge in [-0.2, -0.15) is 8.78 Å². The molecule has 20 heavy (non-hydrogen) atoms. The number of rotatable bonds is 5. The molecular weight excluding hydrogens is 272 g/mol. The number of hydrogen-bond donors (Lipinski definition) is 1. The molecule has 0 heterocycles. The van der Waals surface area contributed by atoms with E-state index in [9.17, 15) is 17.6 Å². The highest BCUT2D eigenvalue weighted by Gasteiger charge is 2.47. The fraction of sp³-hybridized carbons (Fsp3) is 0.714. The molecule has 2 fully saturated rings. The van der Waals surface area contributed by atoms with Gasteiger partial charge in [0.15, 0.2) is 5.95 Å². The topological polar surface area (TPSA) is 15.3 Å². The van der Waals surface area contributed by atoms with Crippen molar-refractivity contribution in [3.8, 4) is 0 Å². The Labute approximate surface area is 116 Å². The summed E-state index contributed by atoms with van der Waals surface area (Å²) in [6.45, 7) is 4.90. The first kappa shape index (κ1) is 15.2. The second-order valence-electron chi connectivity index (χ2n) is 6.00. The highest BCUT2D eigenvalue weighted by molar-refractivity contribution is 5.10. The Balaban J connectivity index is 2.07. The minimum absolute atomic E-state index is 0.123. The number of halogens is 4. The van der Waals surface area contributed by atoms with E-state index in [0.717, 1.165) is 12.8 Å². The van der Waals surface area contributed by atoms with Crippen molar-refractivity contribution in [3.05, 3.63) is 24.7 Å². The van der Waals surface area contributed by atoms with Gasteiger partial charge in [0.1, 0.15) is 0 Å². The van der Waals surface area contributed by atoms with E-state index >= 15 is 0 Å². The number of alkyl halides is 2. The van der Waals surface area contributed by atoms with Crippen molar-refractivity contribution in [2.24, 2.45) is 0 Å². The van der Waals surface area contributed by atoms with Crippen LogP contribution in [-0.4, -0.2) is 22.4 Å². The van der Waals surface area contributed by atoms with E-state index in [1.807, 2.05) is 12.2 Å². The lowest BCUT2D eigenvalue weighted by Gasteiger charge is -2.40. The van der Waals surface area contributed by atoms with Crippen LogP contribution in [0.3, 0.4) is 0 Å². The molecule has 0 spiro atoms. The number of hydrogen-bond acceptors (Lipinski definition) is 2. The fourth-order valence-electron chi connectivity index (χ4n) is 2.73. The van der Waals surface area contributed by atoms with Crippen molar-refractivity contribution >= 4 is 0 Å². The molecule has 2 aliphatic carbocycles. The lowest BCUT2D eigenvalue weighted by Crippen LogP contribution is -2.44. The molecule has 0 atom stereocenters. The largest absolute Gasteiger partial charge is 0.365 e. The predicted molar refractivity (Wildman–Crippen MR) is 69.3 cm³/mol.